The summed E-state index contributed by atoms with van der Waals surface area (Å²) in [6.07, 6.45) is 0.571. The second-order valence-electron chi connectivity index (χ2n) is 6.01. The lowest BCUT2D eigenvalue weighted by molar-refractivity contribution is -0.120. The van der Waals surface area contributed by atoms with Gasteiger partial charge < -0.3 is 0 Å². The highest BCUT2D eigenvalue weighted by Crippen LogP contribution is 2.28. The van der Waals surface area contributed by atoms with E-state index in [2.05, 4.69) is 20.5 Å². The first-order valence-electron chi connectivity index (χ1n) is 7.90. The van der Waals surface area contributed by atoms with Crippen LogP contribution in [0.1, 0.15) is 18.2 Å². The number of nitrogens with zero attached hydrogens (tertiary/aromatic N) is 7. The number of anilines is 1. The van der Waals surface area contributed by atoms with Gasteiger partial charge in [-0.15, -0.1) is 10.2 Å². The summed E-state index contributed by atoms with van der Waals surface area (Å²) in [6, 6.07) is 7.31. The Labute approximate surface area is 142 Å². The van der Waals surface area contributed by atoms with Gasteiger partial charge in [0, 0.05) is 25.2 Å². The van der Waals surface area contributed by atoms with Gasteiger partial charge in [0.15, 0.2) is 6.04 Å². The molecule has 1 fully saturated rings. The summed E-state index contributed by atoms with van der Waals surface area (Å²) in [5.41, 5.74) is 1.37. The van der Waals surface area contributed by atoms with Crippen LogP contribution in [0.4, 0.5) is 10.2 Å². The minimum absolute atomic E-state index is 0.105. The van der Waals surface area contributed by atoms with Crippen molar-refractivity contribution in [1.29, 1.82) is 0 Å². The van der Waals surface area contributed by atoms with Gasteiger partial charge in [-0.05, 0) is 30.7 Å². The van der Waals surface area contributed by atoms with Crippen LogP contribution in [0, 0.1) is 12.7 Å². The van der Waals surface area contributed by atoms with Crippen molar-refractivity contribution >= 4 is 11.7 Å². The molecule has 9 heteroatoms. The van der Waals surface area contributed by atoms with Gasteiger partial charge in [-0.1, -0.05) is 12.1 Å². The van der Waals surface area contributed by atoms with Crippen LogP contribution in [0.25, 0.3) is 11.4 Å². The zero-order chi connectivity index (χ0) is 17.6. The van der Waals surface area contributed by atoms with Gasteiger partial charge in [-0.25, -0.2) is 4.39 Å². The molecule has 128 valence electrons. The highest BCUT2D eigenvalue weighted by atomic mass is 19.1. The normalized spacial score (nSPS) is 17.5. The van der Waals surface area contributed by atoms with Gasteiger partial charge in [-0.3, -0.25) is 14.4 Å². The van der Waals surface area contributed by atoms with E-state index in [1.54, 1.807) is 28.8 Å². The molecule has 2 aromatic heterocycles. The average molecular weight is 341 g/mol. The number of tetrazole rings is 1. The highest BCUT2D eigenvalue weighted by molar-refractivity contribution is 5.97. The van der Waals surface area contributed by atoms with Crippen molar-refractivity contribution in [2.24, 2.45) is 7.05 Å². The van der Waals surface area contributed by atoms with Crippen LogP contribution in [0.3, 0.4) is 0 Å². The van der Waals surface area contributed by atoms with E-state index in [0.717, 1.165) is 11.5 Å². The third-order valence-electron chi connectivity index (χ3n) is 4.22. The van der Waals surface area contributed by atoms with Crippen molar-refractivity contribution in [2.45, 2.75) is 19.4 Å². The third kappa shape index (κ3) is 2.67. The predicted molar refractivity (Wildman–Crippen MR) is 87.2 cm³/mol. The lowest BCUT2D eigenvalue weighted by atomic mass is 10.2. The fourth-order valence-electron chi connectivity index (χ4n) is 3.06. The van der Waals surface area contributed by atoms with Crippen LogP contribution >= 0.6 is 0 Å². The number of halogens is 1. The second-order valence-corrected chi connectivity index (χ2v) is 6.01. The van der Waals surface area contributed by atoms with Crippen molar-refractivity contribution in [1.82, 2.24) is 30.0 Å². The van der Waals surface area contributed by atoms with Crippen molar-refractivity contribution in [3.8, 4) is 11.4 Å². The fourth-order valence-corrected chi connectivity index (χ4v) is 3.06. The Kier molecular flexibility index (Phi) is 3.56. The SMILES string of the molecule is Cc1cc(N2CC[C@H](n3nnc(-c4cccc(F)c4)n3)C2=O)n(C)n1. The molecule has 0 unspecified atom stereocenters. The smallest absolute Gasteiger partial charge is 0.255 e. The number of hydrogen-bond donors (Lipinski definition) is 0. The second kappa shape index (κ2) is 5.76. The molecule has 1 amide bonds. The Morgan fingerprint density at radius 3 is 2.80 bits per heavy atom. The first kappa shape index (κ1) is 15.4. The number of carbonyl (C=O) groups is 1. The summed E-state index contributed by atoms with van der Waals surface area (Å²) >= 11 is 0. The maximum absolute atomic E-state index is 13.3. The van der Waals surface area contributed by atoms with Gasteiger partial charge in [0.2, 0.25) is 5.82 Å². The molecule has 3 heterocycles. The molecule has 1 saturated heterocycles. The van der Waals surface area contributed by atoms with E-state index in [9.17, 15) is 9.18 Å². The summed E-state index contributed by atoms with van der Waals surface area (Å²) < 4.78 is 15.0. The largest absolute Gasteiger partial charge is 0.295 e. The standard InChI is InChI=1S/C16H16FN7O/c1-10-8-14(22(2)19-10)23-7-6-13(16(23)25)24-20-15(18-21-24)11-4-3-5-12(17)9-11/h3-5,8-9,13H,6-7H2,1-2H3/t13-/m0/s1. The lowest BCUT2D eigenvalue weighted by Gasteiger charge is -2.15. The summed E-state index contributed by atoms with van der Waals surface area (Å²) in [5.74, 6) is 0.562. The van der Waals surface area contributed by atoms with Crippen LogP contribution < -0.4 is 4.90 Å². The fraction of sp³-hybridized carbons (Fsp3) is 0.312. The Morgan fingerprint density at radius 2 is 2.08 bits per heavy atom. The van der Waals surface area contributed by atoms with E-state index in [1.165, 1.54) is 16.9 Å². The zero-order valence-corrected chi connectivity index (χ0v) is 13.8. The molecule has 0 aliphatic carbocycles. The summed E-state index contributed by atoms with van der Waals surface area (Å²) in [6.45, 7) is 2.44. The van der Waals surface area contributed by atoms with E-state index in [1.807, 2.05) is 13.0 Å². The molecule has 25 heavy (non-hydrogen) atoms. The highest BCUT2D eigenvalue weighted by Gasteiger charge is 2.37. The number of carbonyl (C=O) groups excluding carboxylic acids is 1. The molecule has 0 radical (unpaired) electrons. The van der Waals surface area contributed by atoms with Gasteiger partial charge in [0.05, 0.1) is 5.69 Å². The molecule has 8 nitrogen and oxygen atoms in total. The molecule has 1 atom stereocenters. The van der Waals surface area contributed by atoms with Crippen LogP contribution in [-0.2, 0) is 11.8 Å². The lowest BCUT2D eigenvalue weighted by Crippen LogP contribution is -2.30. The Bertz CT molecular complexity index is 948. The molecule has 1 aromatic carbocycles. The number of aromatic nitrogens is 6. The Hall–Kier alpha value is -3.10. The molecule has 0 N–H and O–H groups in total. The number of amides is 1. The first-order chi connectivity index (χ1) is 12.0. The van der Waals surface area contributed by atoms with Gasteiger partial charge in [0.25, 0.3) is 5.91 Å². The maximum atomic E-state index is 13.3. The number of benzene rings is 1. The van der Waals surface area contributed by atoms with E-state index in [0.29, 0.717) is 24.4 Å². The molecule has 1 aliphatic rings. The number of aryl methyl sites for hydroxylation is 2. The molecule has 0 saturated carbocycles. The van der Waals surface area contributed by atoms with Crippen LogP contribution in [0.2, 0.25) is 0 Å². The number of hydrogen-bond acceptors (Lipinski definition) is 5. The van der Waals surface area contributed by atoms with Gasteiger partial charge in [0.1, 0.15) is 11.6 Å². The number of rotatable bonds is 3. The van der Waals surface area contributed by atoms with E-state index in [-0.39, 0.29) is 11.7 Å². The van der Waals surface area contributed by atoms with Gasteiger partial charge >= 0.3 is 0 Å². The molecular weight excluding hydrogens is 325 g/mol. The Morgan fingerprint density at radius 1 is 1.24 bits per heavy atom. The van der Waals surface area contributed by atoms with Crippen molar-refractivity contribution < 1.29 is 9.18 Å². The molecule has 0 spiro atoms. The molecule has 1 aliphatic heterocycles. The molecular formula is C16H16FN7O. The molecule has 0 bridgehead atoms. The first-order valence-corrected chi connectivity index (χ1v) is 7.90. The average Bonchev–Trinajstić information content (AvgIpc) is 3.26. The predicted octanol–water partition coefficient (Wildman–Crippen LogP) is 1.50. The summed E-state index contributed by atoms with van der Waals surface area (Å²) in [5, 5.41) is 16.5. The molecule has 3 aromatic rings. The third-order valence-corrected chi connectivity index (χ3v) is 4.22. The van der Waals surface area contributed by atoms with Crippen LogP contribution in [0.5, 0.6) is 0 Å². The van der Waals surface area contributed by atoms with Crippen molar-refractivity contribution in [3.05, 3.63) is 41.8 Å². The minimum Gasteiger partial charge on any atom is -0.295 e. The maximum Gasteiger partial charge on any atom is 0.255 e. The van der Waals surface area contributed by atoms with E-state index in [4.69, 9.17) is 0 Å². The van der Waals surface area contributed by atoms with Crippen LogP contribution in [0.15, 0.2) is 30.3 Å². The van der Waals surface area contributed by atoms with Crippen LogP contribution in [-0.4, -0.2) is 42.4 Å². The molecule has 4 rings (SSSR count). The van der Waals surface area contributed by atoms with E-state index < -0.39 is 6.04 Å². The Balaban J connectivity index is 1.59. The van der Waals surface area contributed by atoms with Crippen molar-refractivity contribution in [3.63, 3.8) is 0 Å². The topological polar surface area (TPSA) is 81.7 Å². The quantitative estimate of drug-likeness (QED) is 0.721. The van der Waals surface area contributed by atoms with Crippen molar-refractivity contribution in [2.75, 3.05) is 11.4 Å². The minimum atomic E-state index is -0.523. The monoisotopic (exact) mass is 341 g/mol. The van der Waals surface area contributed by atoms with E-state index >= 15 is 0 Å². The van der Waals surface area contributed by atoms with Gasteiger partial charge in [-0.2, -0.15) is 9.90 Å². The summed E-state index contributed by atoms with van der Waals surface area (Å²) in [7, 11) is 1.80. The summed E-state index contributed by atoms with van der Waals surface area (Å²) in [4.78, 5) is 15.8. The zero-order valence-electron chi connectivity index (χ0n) is 13.8.